The number of nitrogens with zero attached hydrogens (tertiary/aromatic N) is 4. The van der Waals surface area contributed by atoms with E-state index in [1.54, 1.807) is 30.3 Å². The fourth-order valence-corrected chi connectivity index (χ4v) is 9.03. The van der Waals surface area contributed by atoms with E-state index in [9.17, 15) is 63.0 Å². The summed E-state index contributed by atoms with van der Waals surface area (Å²) in [6.45, 7) is -0.0716. The number of hydrogen-bond acceptors (Lipinski definition) is 19. The quantitative estimate of drug-likeness (QED) is 0.0343. The highest BCUT2D eigenvalue weighted by molar-refractivity contribution is 8.13. The van der Waals surface area contributed by atoms with Crippen LogP contribution in [0.3, 0.4) is 0 Å². The van der Waals surface area contributed by atoms with Crippen molar-refractivity contribution in [1.29, 1.82) is 0 Å². The van der Waals surface area contributed by atoms with Gasteiger partial charge in [-0.1, -0.05) is 55.9 Å². The van der Waals surface area contributed by atoms with Gasteiger partial charge in [-0.3, -0.25) is 32.5 Å². The summed E-state index contributed by atoms with van der Waals surface area (Å²) in [7, 11) is -16.4. The van der Waals surface area contributed by atoms with E-state index in [2.05, 4.69) is 34.4 Å². The maximum atomic E-state index is 12.7. The minimum absolute atomic E-state index is 0.0242. The van der Waals surface area contributed by atoms with Crippen LogP contribution in [0.15, 0.2) is 43.0 Å². The third-order valence-corrected chi connectivity index (χ3v) is 12.5. The molecular formula is C30H44N7O18P3S. The van der Waals surface area contributed by atoms with Crippen molar-refractivity contribution >= 4 is 69.1 Å². The van der Waals surface area contributed by atoms with Crippen LogP contribution in [0.1, 0.15) is 38.0 Å². The number of fused-ring (bicyclic) bond motifs is 1. The fourth-order valence-electron chi connectivity index (χ4n) is 5.38. The van der Waals surface area contributed by atoms with Gasteiger partial charge in [0.25, 0.3) is 0 Å². The predicted octanol–water partition coefficient (Wildman–Crippen LogP) is -0.559. The number of nitrogens with one attached hydrogen (secondary N) is 2. The van der Waals surface area contributed by atoms with E-state index in [-0.39, 0.29) is 54.0 Å². The molecule has 328 valence electrons. The summed E-state index contributed by atoms with van der Waals surface area (Å²) in [6.07, 6.45) is -7.03. The highest BCUT2D eigenvalue weighted by Crippen LogP contribution is 2.61. The van der Waals surface area contributed by atoms with Gasteiger partial charge in [-0.25, -0.2) is 28.6 Å². The van der Waals surface area contributed by atoms with E-state index >= 15 is 0 Å². The second-order valence-electron chi connectivity index (χ2n) is 13.4. The molecule has 0 aliphatic carbocycles. The summed E-state index contributed by atoms with van der Waals surface area (Å²) in [5.74, 6) is -2.03. The zero-order chi connectivity index (χ0) is 43.8. The number of aromatic nitrogens is 4. The molecule has 4 rings (SSSR count). The van der Waals surface area contributed by atoms with Crippen LogP contribution in [0.4, 0.5) is 5.82 Å². The summed E-state index contributed by atoms with van der Waals surface area (Å²) < 4.78 is 62.2. The Balaban J connectivity index is 1.22. The molecule has 2 amide bonds. The number of anilines is 1. The molecule has 1 fully saturated rings. The van der Waals surface area contributed by atoms with Crippen LogP contribution in [-0.2, 0) is 50.7 Å². The fraction of sp³-hybridized carbons (Fsp3) is 0.533. The van der Waals surface area contributed by atoms with Gasteiger partial charge in [0.05, 0.1) is 32.1 Å². The number of rotatable bonds is 22. The molecule has 3 aromatic rings. The highest BCUT2D eigenvalue weighted by atomic mass is 32.2. The van der Waals surface area contributed by atoms with Crippen molar-refractivity contribution < 1.29 is 85.6 Å². The first-order valence-corrected chi connectivity index (χ1v) is 22.8. The van der Waals surface area contributed by atoms with Crippen LogP contribution in [-0.4, -0.2) is 134 Å². The lowest BCUT2D eigenvalue weighted by molar-refractivity contribution is -0.137. The normalized spacial score (nSPS) is 21.6. The number of hydrogen-bond donors (Lipinski definition) is 10. The van der Waals surface area contributed by atoms with Gasteiger partial charge in [-0.15, -0.1) is 0 Å². The molecule has 29 heteroatoms. The van der Waals surface area contributed by atoms with Gasteiger partial charge >= 0.3 is 23.5 Å². The molecule has 0 spiro atoms. The van der Waals surface area contributed by atoms with Crippen molar-refractivity contribution in [1.82, 2.24) is 30.2 Å². The third-order valence-electron chi connectivity index (χ3n) is 8.42. The third kappa shape index (κ3) is 13.9. The molecular weight excluding hydrogens is 873 g/mol. The van der Waals surface area contributed by atoms with Gasteiger partial charge in [0.15, 0.2) is 22.8 Å². The van der Waals surface area contributed by atoms with Crippen LogP contribution in [0, 0.1) is 5.41 Å². The molecule has 59 heavy (non-hydrogen) atoms. The van der Waals surface area contributed by atoms with E-state index in [1.165, 1.54) is 13.8 Å². The molecule has 0 radical (unpaired) electrons. The summed E-state index contributed by atoms with van der Waals surface area (Å²) in [4.78, 5) is 88.3. The van der Waals surface area contributed by atoms with Crippen molar-refractivity contribution in [3.63, 3.8) is 0 Å². The lowest BCUT2D eigenvalue weighted by Gasteiger charge is -2.30. The van der Waals surface area contributed by atoms with Gasteiger partial charge in [0.2, 0.25) is 11.8 Å². The van der Waals surface area contributed by atoms with Gasteiger partial charge in [0, 0.05) is 30.7 Å². The van der Waals surface area contributed by atoms with E-state index < -0.39 is 90.5 Å². The summed E-state index contributed by atoms with van der Waals surface area (Å²) in [5.41, 5.74) is 4.89. The molecule has 0 bridgehead atoms. The summed E-state index contributed by atoms with van der Waals surface area (Å²) >= 11 is 0.938. The second kappa shape index (κ2) is 20.5. The van der Waals surface area contributed by atoms with E-state index in [0.29, 0.717) is 5.56 Å². The number of imidazole rings is 1. The van der Waals surface area contributed by atoms with Gasteiger partial charge in [0.1, 0.15) is 36.3 Å². The van der Waals surface area contributed by atoms with Crippen molar-refractivity contribution in [2.45, 2.75) is 56.8 Å². The number of nitrogen functional groups attached to an aromatic ring is 1. The number of phosphoric acid groups is 3. The Bertz CT molecular complexity index is 2080. The number of nitrogens with two attached hydrogens (primary N) is 1. The predicted molar refractivity (Wildman–Crippen MR) is 203 cm³/mol. The van der Waals surface area contributed by atoms with Gasteiger partial charge < -0.3 is 56.0 Å². The largest absolute Gasteiger partial charge is 0.481 e. The Morgan fingerprint density at radius 2 is 1.69 bits per heavy atom. The van der Waals surface area contributed by atoms with Crippen LogP contribution < -0.4 is 16.4 Å². The maximum absolute atomic E-state index is 12.7. The number of carbonyl (C=O) groups is 3. The van der Waals surface area contributed by atoms with E-state index in [4.69, 9.17) is 19.5 Å². The maximum Gasteiger partial charge on any atom is 0.481 e. The lowest BCUT2D eigenvalue weighted by atomic mass is 9.87. The van der Waals surface area contributed by atoms with Crippen LogP contribution >= 0.6 is 35.2 Å². The zero-order valence-corrected chi connectivity index (χ0v) is 34.7. The number of thioether (sulfide) groups is 1. The van der Waals surface area contributed by atoms with Crippen molar-refractivity contribution in [3.8, 4) is 0 Å². The molecule has 1 aromatic carbocycles. The lowest BCUT2D eigenvalue weighted by Crippen LogP contribution is -2.46. The van der Waals surface area contributed by atoms with Crippen molar-refractivity contribution in [2.75, 3.05) is 44.4 Å². The zero-order valence-electron chi connectivity index (χ0n) is 31.2. The Morgan fingerprint density at radius 3 is 2.36 bits per heavy atom. The van der Waals surface area contributed by atoms with Crippen molar-refractivity contribution in [3.05, 3.63) is 48.5 Å². The highest BCUT2D eigenvalue weighted by Gasteiger charge is 2.50. The van der Waals surface area contributed by atoms with Gasteiger partial charge in [-0.05, 0) is 5.56 Å². The number of phosphoric ester groups is 3. The smallest absolute Gasteiger partial charge is 0.395 e. The molecule has 1 aliphatic heterocycles. The molecule has 3 heterocycles. The Morgan fingerprint density at radius 1 is 1.02 bits per heavy atom. The standard InChI is InChI=1S/C30H44N7O18P3S/c1-30(2,24(41)27(42)33-9-8-20(39)32-10-11-59-29(43)18(12-38)17-6-4-3-5-7-17)14-52-58(49,50)55-57(47,48)51-13-19-23(54-56(44,45)46)22(40)28(53-19)37-16-36-21-25(31)34-15-35-26(21)37/h3-7,15-16,18-19,22-24,28,38,40-41H,8-14H2,1-2H3,(H,32,39)(H,33,42)(H,47,48)(H,49,50)(H2,31,34,35)(H2,44,45,46)/t18-,19+,22+,23+,24-,28+/m0/s1/i18+1,29+1. The first-order valence-electron chi connectivity index (χ1n) is 17.3. The molecule has 1 aliphatic rings. The summed E-state index contributed by atoms with van der Waals surface area (Å²) in [5, 5.41) is 35.7. The number of carbonyl (C=O) groups excluding carboxylic acids is 3. The number of aliphatic hydroxyl groups excluding tert-OH is 3. The second-order valence-corrected chi connectivity index (χ2v) is 18.7. The topological polar surface area (TPSA) is 384 Å². The number of ether oxygens (including phenoxy) is 1. The first kappa shape index (κ1) is 48.4. The van der Waals surface area contributed by atoms with Gasteiger partial charge in [-0.2, -0.15) is 4.31 Å². The number of amides is 2. The van der Waals surface area contributed by atoms with Crippen LogP contribution in [0.2, 0.25) is 0 Å². The molecule has 25 nitrogen and oxygen atoms in total. The van der Waals surface area contributed by atoms with E-state index in [0.717, 1.165) is 29.0 Å². The molecule has 1 saturated heterocycles. The molecule has 2 aromatic heterocycles. The Labute approximate surface area is 339 Å². The SMILES string of the molecule is CC(C)(COP(=O)(O)OP(=O)(O)OC[C@H]1O[C@@H](n2cnc3c(N)ncnc32)[C@H](O)[C@@H]1OP(=O)(O)O)[C@@H](O)C(=O)NCCC(=O)NCCS[13C](=O)[13C@@H](CO)c1ccccc1. The monoisotopic (exact) mass is 917 g/mol. The minimum Gasteiger partial charge on any atom is -0.395 e. The number of aliphatic hydroxyl groups is 3. The molecule has 2 unspecified atom stereocenters. The average molecular weight is 918 g/mol. The molecule has 11 N–H and O–H groups in total. The van der Waals surface area contributed by atoms with Crippen LogP contribution in [0.25, 0.3) is 11.2 Å². The molecule has 0 saturated carbocycles. The molecule has 8 atom stereocenters. The Hall–Kier alpha value is -3.26. The summed E-state index contributed by atoms with van der Waals surface area (Å²) in [6, 6.07) is 8.72. The van der Waals surface area contributed by atoms with Crippen LogP contribution in [0.5, 0.6) is 0 Å². The first-order chi connectivity index (χ1) is 27.5. The van der Waals surface area contributed by atoms with E-state index in [1.807, 2.05) is 0 Å². The average Bonchev–Trinajstić information content (AvgIpc) is 3.72. The number of benzene rings is 1. The minimum atomic E-state index is -5.59. The van der Waals surface area contributed by atoms with Crippen molar-refractivity contribution in [2.24, 2.45) is 5.41 Å². The Kier molecular flexibility index (Phi) is 16.8.